The molecular formula is C17H25NO2. The number of benzene rings is 1. The van der Waals surface area contributed by atoms with Crippen LogP contribution in [0.5, 0.6) is 0 Å². The number of carbonyl (C=O) groups is 1. The van der Waals surface area contributed by atoms with Crippen LogP contribution in [0.25, 0.3) is 0 Å². The van der Waals surface area contributed by atoms with Crippen LogP contribution in [-0.2, 0) is 11.3 Å². The van der Waals surface area contributed by atoms with Gasteiger partial charge in [-0.05, 0) is 43.4 Å². The number of hydrogen-bond acceptors (Lipinski definition) is 2. The average molecular weight is 275 g/mol. The van der Waals surface area contributed by atoms with Crippen LogP contribution in [0.15, 0.2) is 24.3 Å². The number of aliphatic carboxylic acids is 1. The number of likely N-dealkylation sites (tertiary alicyclic amines) is 1. The second-order valence-corrected chi connectivity index (χ2v) is 5.95. The van der Waals surface area contributed by atoms with Crippen LogP contribution in [0.1, 0.15) is 50.2 Å². The zero-order valence-corrected chi connectivity index (χ0v) is 12.5. The molecule has 110 valence electrons. The van der Waals surface area contributed by atoms with E-state index < -0.39 is 11.9 Å². The molecule has 0 aliphatic carbocycles. The van der Waals surface area contributed by atoms with Crippen molar-refractivity contribution in [1.82, 2.24) is 4.90 Å². The Balaban J connectivity index is 1.95. The minimum atomic E-state index is -0.764. The largest absolute Gasteiger partial charge is 0.481 e. The molecule has 20 heavy (non-hydrogen) atoms. The van der Waals surface area contributed by atoms with Crippen molar-refractivity contribution in [3.8, 4) is 0 Å². The van der Waals surface area contributed by atoms with E-state index in [0.717, 1.165) is 18.0 Å². The maximum absolute atomic E-state index is 11.0. The highest BCUT2D eigenvalue weighted by molar-refractivity contribution is 5.75. The molecule has 2 unspecified atom stereocenters. The zero-order valence-electron chi connectivity index (χ0n) is 12.5. The van der Waals surface area contributed by atoms with Gasteiger partial charge in [0, 0.05) is 13.1 Å². The molecule has 1 saturated heterocycles. The summed E-state index contributed by atoms with van der Waals surface area (Å²) < 4.78 is 0. The first kappa shape index (κ1) is 15.0. The van der Waals surface area contributed by atoms with Gasteiger partial charge in [0.05, 0.1) is 5.92 Å². The van der Waals surface area contributed by atoms with Crippen LogP contribution in [0.4, 0.5) is 0 Å². The van der Waals surface area contributed by atoms with E-state index in [4.69, 9.17) is 5.11 Å². The van der Waals surface area contributed by atoms with Gasteiger partial charge in [0.25, 0.3) is 0 Å². The first-order chi connectivity index (χ1) is 9.60. The minimum absolute atomic E-state index is 0.427. The van der Waals surface area contributed by atoms with Gasteiger partial charge in [-0.15, -0.1) is 0 Å². The van der Waals surface area contributed by atoms with E-state index in [-0.39, 0.29) is 0 Å². The summed E-state index contributed by atoms with van der Waals surface area (Å²) in [6.45, 7) is 7.37. The van der Waals surface area contributed by atoms with Crippen molar-refractivity contribution in [1.29, 1.82) is 0 Å². The number of carboxylic acid groups (broad SMARTS) is 1. The molecule has 2 rings (SSSR count). The van der Waals surface area contributed by atoms with Crippen LogP contribution < -0.4 is 0 Å². The fraction of sp³-hybridized carbons (Fsp3) is 0.588. The standard InChI is InChI=1S/C17H25NO2/c1-3-14-5-4-10-18(11-14)12-15-6-8-16(9-7-15)13(2)17(19)20/h6-9,13-14H,3-5,10-12H2,1-2H3,(H,19,20). The lowest BCUT2D eigenvalue weighted by molar-refractivity contribution is -0.138. The van der Waals surface area contributed by atoms with Crippen LogP contribution in [0.2, 0.25) is 0 Å². The Labute approximate surface area is 121 Å². The SMILES string of the molecule is CCC1CCCN(Cc2ccc(C(C)C(=O)O)cc2)C1. The van der Waals surface area contributed by atoms with E-state index in [2.05, 4.69) is 24.0 Å². The summed E-state index contributed by atoms with van der Waals surface area (Å²) in [6.07, 6.45) is 3.93. The molecule has 1 aliphatic heterocycles. The van der Waals surface area contributed by atoms with Gasteiger partial charge in [-0.3, -0.25) is 9.69 Å². The second-order valence-electron chi connectivity index (χ2n) is 5.95. The van der Waals surface area contributed by atoms with Gasteiger partial charge in [-0.2, -0.15) is 0 Å². The molecule has 1 aromatic carbocycles. The van der Waals surface area contributed by atoms with Gasteiger partial charge in [-0.1, -0.05) is 37.6 Å². The Kier molecular flexibility index (Phi) is 5.18. The molecule has 0 spiro atoms. The first-order valence-corrected chi connectivity index (χ1v) is 7.64. The van der Waals surface area contributed by atoms with Crippen LogP contribution in [-0.4, -0.2) is 29.1 Å². The molecule has 0 bridgehead atoms. The average Bonchev–Trinajstić information content (AvgIpc) is 2.47. The lowest BCUT2D eigenvalue weighted by atomic mass is 9.95. The maximum Gasteiger partial charge on any atom is 0.310 e. The summed E-state index contributed by atoms with van der Waals surface area (Å²) in [5, 5.41) is 9.01. The summed E-state index contributed by atoms with van der Waals surface area (Å²) in [5.74, 6) is -0.349. The Hall–Kier alpha value is -1.35. The van der Waals surface area contributed by atoms with Crippen LogP contribution >= 0.6 is 0 Å². The fourth-order valence-corrected chi connectivity index (χ4v) is 2.94. The minimum Gasteiger partial charge on any atom is -0.481 e. The van der Waals surface area contributed by atoms with E-state index in [1.165, 1.54) is 37.9 Å². The number of rotatable bonds is 5. The van der Waals surface area contributed by atoms with Gasteiger partial charge in [0.15, 0.2) is 0 Å². The Morgan fingerprint density at radius 1 is 1.40 bits per heavy atom. The molecule has 1 N–H and O–H groups in total. The van der Waals surface area contributed by atoms with Crippen LogP contribution in [0.3, 0.4) is 0 Å². The number of nitrogens with zero attached hydrogens (tertiary/aromatic N) is 1. The first-order valence-electron chi connectivity index (χ1n) is 7.64. The van der Waals surface area contributed by atoms with E-state index in [0.29, 0.717) is 0 Å². The summed E-state index contributed by atoms with van der Waals surface area (Å²) in [5.41, 5.74) is 2.16. The third-order valence-electron chi connectivity index (χ3n) is 4.44. The highest BCUT2D eigenvalue weighted by Crippen LogP contribution is 2.22. The molecule has 1 heterocycles. The maximum atomic E-state index is 11.0. The third kappa shape index (κ3) is 3.83. The van der Waals surface area contributed by atoms with Gasteiger partial charge < -0.3 is 5.11 Å². The Morgan fingerprint density at radius 2 is 2.10 bits per heavy atom. The molecule has 3 heteroatoms. The van der Waals surface area contributed by atoms with Gasteiger partial charge in [0.1, 0.15) is 0 Å². The third-order valence-corrected chi connectivity index (χ3v) is 4.44. The predicted octanol–water partition coefficient (Wildman–Crippen LogP) is 3.50. The molecule has 0 saturated carbocycles. The van der Waals surface area contributed by atoms with Gasteiger partial charge >= 0.3 is 5.97 Å². The van der Waals surface area contributed by atoms with Crippen molar-refractivity contribution in [3.63, 3.8) is 0 Å². The second kappa shape index (κ2) is 6.89. The van der Waals surface area contributed by atoms with Crippen molar-refractivity contribution < 1.29 is 9.90 Å². The van der Waals surface area contributed by atoms with Crippen molar-refractivity contribution in [2.75, 3.05) is 13.1 Å². The predicted molar refractivity (Wildman–Crippen MR) is 80.8 cm³/mol. The Morgan fingerprint density at radius 3 is 2.70 bits per heavy atom. The van der Waals surface area contributed by atoms with Crippen molar-refractivity contribution in [2.24, 2.45) is 5.92 Å². The molecule has 1 aromatic rings. The highest BCUT2D eigenvalue weighted by Gasteiger charge is 2.18. The molecule has 0 aromatic heterocycles. The fourth-order valence-electron chi connectivity index (χ4n) is 2.94. The van der Waals surface area contributed by atoms with Crippen molar-refractivity contribution >= 4 is 5.97 Å². The van der Waals surface area contributed by atoms with E-state index >= 15 is 0 Å². The summed E-state index contributed by atoms with van der Waals surface area (Å²) >= 11 is 0. The normalized spacial score (nSPS) is 21.6. The lowest BCUT2D eigenvalue weighted by Gasteiger charge is -2.32. The molecular weight excluding hydrogens is 250 g/mol. The highest BCUT2D eigenvalue weighted by atomic mass is 16.4. The van der Waals surface area contributed by atoms with E-state index in [1.807, 2.05) is 12.1 Å². The molecule has 1 fully saturated rings. The number of piperidine rings is 1. The molecule has 3 nitrogen and oxygen atoms in total. The Bertz CT molecular complexity index is 441. The summed E-state index contributed by atoms with van der Waals surface area (Å²) in [4.78, 5) is 13.5. The van der Waals surface area contributed by atoms with Crippen molar-refractivity contribution in [2.45, 2.75) is 45.6 Å². The molecule has 0 amide bonds. The smallest absolute Gasteiger partial charge is 0.310 e. The monoisotopic (exact) mass is 275 g/mol. The van der Waals surface area contributed by atoms with Crippen molar-refractivity contribution in [3.05, 3.63) is 35.4 Å². The van der Waals surface area contributed by atoms with E-state index in [1.54, 1.807) is 6.92 Å². The molecule has 1 aliphatic rings. The quantitative estimate of drug-likeness (QED) is 0.894. The van der Waals surface area contributed by atoms with E-state index in [9.17, 15) is 4.79 Å². The number of carboxylic acids is 1. The van der Waals surface area contributed by atoms with Gasteiger partial charge in [-0.25, -0.2) is 0 Å². The lowest BCUT2D eigenvalue weighted by Crippen LogP contribution is -2.34. The van der Waals surface area contributed by atoms with Crippen LogP contribution in [0, 0.1) is 5.92 Å². The molecule has 2 atom stereocenters. The summed E-state index contributed by atoms with van der Waals surface area (Å²) in [7, 11) is 0. The topological polar surface area (TPSA) is 40.5 Å². The number of hydrogen-bond donors (Lipinski definition) is 1. The molecule has 0 radical (unpaired) electrons. The summed E-state index contributed by atoms with van der Waals surface area (Å²) in [6, 6.07) is 8.05. The zero-order chi connectivity index (χ0) is 14.5. The van der Waals surface area contributed by atoms with Gasteiger partial charge in [0.2, 0.25) is 0 Å².